The van der Waals surface area contributed by atoms with Gasteiger partial charge in [-0.05, 0) is 44.2 Å². The van der Waals surface area contributed by atoms with Crippen LogP contribution >= 0.6 is 0 Å². The molecule has 0 saturated carbocycles. The lowest BCUT2D eigenvalue weighted by Gasteiger charge is -2.11. The first-order valence-corrected chi connectivity index (χ1v) is 9.90. The zero-order valence-corrected chi connectivity index (χ0v) is 17.8. The third kappa shape index (κ3) is 4.53. The summed E-state index contributed by atoms with van der Waals surface area (Å²) in [5.74, 6) is 0.810. The number of nitrogens with one attached hydrogen (secondary N) is 1. The van der Waals surface area contributed by atoms with Gasteiger partial charge in [-0.3, -0.25) is 19.3 Å². The molecule has 0 fully saturated rings. The zero-order valence-electron chi connectivity index (χ0n) is 17.8. The summed E-state index contributed by atoms with van der Waals surface area (Å²) in [6.45, 7) is 3.75. The summed E-state index contributed by atoms with van der Waals surface area (Å²) in [7, 11) is 1.78. The van der Waals surface area contributed by atoms with Crippen molar-refractivity contribution in [3.05, 3.63) is 77.1 Å². The first-order valence-electron chi connectivity index (χ1n) is 9.90. The second-order valence-corrected chi connectivity index (χ2v) is 7.32. The molecule has 1 amide bonds. The number of pyridine rings is 3. The van der Waals surface area contributed by atoms with Crippen LogP contribution in [-0.2, 0) is 7.05 Å². The van der Waals surface area contributed by atoms with Crippen molar-refractivity contribution >= 4 is 11.7 Å². The largest absolute Gasteiger partial charge is 0.456 e. The van der Waals surface area contributed by atoms with E-state index in [4.69, 9.17) is 4.74 Å². The van der Waals surface area contributed by atoms with Crippen LogP contribution in [0, 0.1) is 0 Å². The van der Waals surface area contributed by atoms with E-state index in [1.807, 2.05) is 13.8 Å². The van der Waals surface area contributed by atoms with Crippen molar-refractivity contribution in [3.63, 3.8) is 0 Å². The van der Waals surface area contributed by atoms with E-state index in [1.54, 1.807) is 60.7 Å². The fraction of sp³-hybridized carbons (Fsp3) is 0.182. The Morgan fingerprint density at radius 3 is 2.62 bits per heavy atom. The van der Waals surface area contributed by atoms with E-state index in [9.17, 15) is 9.59 Å². The smallest absolute Gasteiger partial charge is 0.263 e. The molecule has 0 aliphatic rings. The predicted octanol–water partition coefficient (Wildman–Crippen LogP) is 3.06. The van der Waals surface area contributed by atoms with Crippen molar-refractivity contribution in [2.75, 3.05) is 5.32 Å². The molecular formula is C22H21N7O3. The fourth-order valence-electron chi connectivity index (χ4n) is 3.00. The van der Waals surface area contributed by atoms with Gasteiger partial charge in [0.1, 0.15) is 28.6 Å². The Hall–Kier alpha value is -4.34. The number of aryl methyl sites for hydroxylation is 1. The van der Waals surface area contributed by atoms with Crippen LogP contribution < -0.4 is 15.6 Å². The quantitative estimate of drug-likeness (QED) is 0.499. The molecule has 0 unspecified atom stereocenters. The summed E-state index contributed by atoms with van der Waals surface area (Å²) in [5.41, 5.74) is 0.960. The van der Waals surface area contributed by atoms with Crippen LogP contribution in [-0.4, -0.2) is 35.4 Å². The lowest BCUT2D eigenvalue weighted by atomic mass is 10.2. The number of hydrogen-bond acceptors (Lipinski definition) is 7. The summed E-state index contributed by atoms with van der Waals surface area (Å²) >= 11 is 0. The van der Waals surface area contributed by atoms with Crippen molar-refractivity contribution in [2.45, 2.75) is 19.9 Å². The minimum absolute atomic E-state index is 0.0487. The van der Waals surface area contributed by atoms with Gasteiger partial charge in [0.15, 0.2) is 0 Å². The summed E-state index contributed by atoms with van der Waals surface area (Å²) in [6, 6.07) is 9.84. The Morgan fingerprint density at radius 2 is 1.94 bits per heavy atom. The van der Waals surface area contributed by atoms with Crippen LogP contribution in [0.5, 0.6) is 11.5 Å². The predicted molar refractivity (Wildman–Crippen MR) is 118 cm³/mol. The summed E-state index contributed by atoms with van der Waals surface area (Å²) < 4.78 is 8.93. The average Bonchev–Trinajstić information content (AvgIpc) is 3.21. The molecule has 162 valence electrons. The van der Waals surface area contributed by atoms with Gasteiger partial charge in [0.25, 0.3) is 11.5 Å². The topological polar surface area (TPSA) is 117 Å². The van der Waals surface area contributed by atoms with Crippen LogP contribution in [0.4, 0.5) is 5.82 Å². The van der Waals surface area contributed by atoms with E-state index in [1.165, 1.54) is 16.8 Å². The zero-order chi connectivity index (χ0) is 22.7. The van der Waals surface area contributed by atoms with Gasteiger partial charge in [0.2, 0.25) is 0 Å². The highest BCUT2D eigenvalue weighted by molar-refractivity contribution is 6.03. The summed E-state index contributed by atoms with van der Waals surface area (Å²) in [5, 5.41) is 10.6. The van der Waals surface area contributed by atoms with E-state index in [0.717, 1.165) is 0 Å². The van der Waals surface area contributed by atoms with Gasteiger partial charge in [-0.1, -0.05) is 5.21 Å². The second-order valence-electron chi connectivity index (χ2n) is 7.32. The Bertz CT molecular complexity index is 1310. The number of ether oxygens (including phenoxy) is 1. The van der Waals surface area contributed by atoms with Crippen molar-refractivity contribution in [1.82, 2.24) is 29.5 Å². The highest BCUT2D eigenvalue weighted by Crippen LogP contribution is 2.24. The molecule has 0 aliphatic heterocycles. The van der Waals surface area contributed by atoms with Crippen molar-refractivity contribution in [1.29, 1.82) is 0 Å². The molecule has 0 bridgehead atoms. The van der Waals surface area contributed by atoms with Crippen LogP contribution in [0.2, 0.25) is 0 Å². The number of amides is 1. The van der Waals surface area contributed by atoms with Gasteiger partial charge >= 0.3 is 0 Å². The first-order chi connectivity index (χ1) is 15.4. The second kappa shape index (κ2) is 8.80. The molecule has 0 aromatic carbocycles. The van der Waals surface area contributed by atoms with Gasteiger partial charge in [0, 0.05) is 31.5 Å². The standard InChI is InChI=1S/C22H21N7O3/c1-14(2)29-10-4-5-17(22(29)31)21(30)25-20-7-6-16(12-24-20)32-15-8-9-23-18(11-15)19-13-28(3)27-26-19/h4-14H,1-3H3,(H,24,25,30). The molecule has 32 heavy (non-hydrogen) atoms. The number of carbonyl (C=O) groups excluding carboxylic acids is 1. The molecule has 0 radical (unpaired) electrons. The SMILES string of the molecule is CC(C)n1cccc(C(=O)Nc2ccc(Oc3ccnc(-c4cn(C)nn4)c3)cn2)c1=O. The maximum atomic E-state index is 12.5. The van der Waals surface area contributed by atoms with Gasteiger partial charge in [-0.25, -0.2) is 4.98 Å². The van der Waals surface area contributed by atoms with Crippen molar-refractivity contribution in [3.8, 4) is 22.9 Å². The normalized spacial score (nSPS) is 10.9. The number of hydrogen-bond donors (Lipinski definition) is 1. The van der Waals surface area contributed by atoms with E-state index >= 15 is 0 Å². The Morgan fingerprint density at radius 1 is 1.09 bits per heavy atom. The molecule has 0 aliphatic carbocycles. The molecule has 0 saturated heterocycles. The number of rotatable bonds is 6. The molecular weight excluding hydrogens is 410 g/mol. The maximum absolute atomic E-state index is 12.5. The highest BCUT2D eigenvalue weighted by Gasteiger charge is 2.14. The van der Waals surface area contributed by atoms with Crippen LogP contribution in [0.1, 0.15) is 30.2 Å². The van der Waals surface area contributed by atoms with Crippen molar-refractivity contribution < 1.29 is 9.53 Å². The molecule has 4 aromatic rings. The summed E-state index contributed by atoms with van der Waals surface area (Å²) in [4.78, 5) is 33.5. The fourth-order valence-corrected chi connectivity index (χ4v) is 3.00. The first kappa shape index (κ1) is 20.9. The number of nitrogens with zero attached hydrogens (tertiary/aromatic N) is 6. The third-order valence-corrected chi connectivity index (χ3v) is 4.59. The monoisotopic (exact) mass is 431 g/mol. The lowest BCUT2D eigenvalue weighted by molar-refractivity contribution is 0.102. The minimum atomic E-state index is -0.520. The van der Waals surface area contributed by atoms with Gasteiger partial charge in [-0.15, -0.1) is 5.10 Å². The Kier molecular flexibility index (Phi) is 5.75. The number of carbonyl (C=O) groups is 1. The minimum Gasteiger partial charge on any atom is -0.456 e. The summed E-state index contributed by atoms with van der Waals surface area (Å²) in [6.07, 6.45) is 6.51. The molecule has 10 heteroatoms. The lowest BCUT2D eigenvalue weighted by Crippen LogP contribution is -2.29. The van der Waals surface area contributed by atoms with Gasteiger partial charge < -0.3 is 14.6 Å². The molecule has 0 atom stereocenters. The van der Waals surface area contributed by atoms with Crippen LogP contribution in [0.3, 0.4) is 0 Å². The van der Waals surface area contributed by atoms with E-state index in [2.05, 4.69) is 25.6 Å². The van der Waals surface area contributed by atoms with E-state index in [0.29, 0.717) is 28.7 Å². The van der Waals surface area contributed by atoms with Crippen molar-refractivity contribution in [2.24, 2.45) is 7.05 Å². The molecule has 4 aromatic heterocycles. The van der Waals surface area contributed by atoms with Crippen LogP contribution in [0.25, 0.3) is 11.4 Å². The molecule has 4 rings (SSSR count). The van der Waals surface area contributed by atoms with Crippen LogP contribution in [0.15, 0.2) is 66.0 Å². The van der Waals surface area contributed by atoms with E-state index < -0.39 is 5.91 Å². The molecule has 10 nitrogen and oxygen atoms in total. The Labute approximate surface area is 183 Å². The average molecular weight is 431 g/mol. The number of anilines is 1. The maximum Gasteiger partial charge on any atom is 0.263 e. The molecule has 4 heterocycles. The number of aromatic nitrogens is 6. The molecule has 1 N–H and O–H groups in total. The van der Waals surface area contributed by atoms with E-state index in [-0.39, 0.29) is 17.2 Å². The van der Waals surface area contributed by atoms with Gasteiger partial charge in [-0.2, -0.15) is 0 Å². The highest BCUT2D eigenvalue weighted by atomic mass is 16.5. The molecule has 0 spiro atoms. The Balaban J connectivity index is 1.46. The third-order valence-electron chi connectivity index (χ3n) is 4.59. The van der Waals surface area contributed by atoms with Gasteiger partial charge in [0.05, 0.1) is 18.1 Å².